The molecule has 1 unspecified atom stereocenters. The molecule has 0 spiro atoms. The van der Waals surface area contributed by atoms with E-state index < -0.39 is 6.10 Å². The number of para-hydroxylation sites is 1. The van der Waals surface area contributed by atoms with E-state index in [1.165, 1.54) is 0 Å². The monoisotopic (exact) mass is 357 g/mol. The van der Waals surface area contributed by atoms with Gasteiger partial charge in [-0.2, -0.15) is 0 Å². The van der Waals surface area contributed by atoms with Crippen LogP contribution in [0.15, 0.2) is 48.5 Å². The second-order valence-electron chi connectivity index (χ2n) is 5.99. The summed E-state index contributed by atoms with van der Waals surface area (Å²) in [5, 5.41) is 13.0. The number of carbonyl (C=O) groups is 1. The highest BCUT2D eigenvalue weighted by Crippen LogP contribution is 2.32. The summed E-state index contributed by atoms with van der Waals surface area (Å²) in [6, 6.07) is 14.8. The van der Waals surface area contributed by atoms with Gasteiger partial charge < -0.3 is 24.6 Å². The van der Waals surface area contributed by atoms with Crippen LogP contribution in [0.2, 0.25) is 0 Å². The maximum atomic E-state index is 11.9. The van der Waals surface area contributed by atoms with Gasteiger partial charge in [-0.1, -0.05) is 24.3 Å². The summed E-state index contributed by atoms with van der Waals surface area (Å²) < 4.78 is 16.5. The summed E-state index contributed by atoms with van der Waals surface area (Å²) in [6.07, 6.45) is 0.164. The van der Waals surface area contributed by atoms with E-state index in [-0.39, 0.29) is 12.5 Å². The first-order valence-corrected chi connectivity index (χ1v) is 8.74. The van der Waals surface area contributed by atoms with E-state index in [2.05, 4.69) is 5.32 Å². The van der Waals surface area contributed by atoms with Gasteiger partial charge in [0, 0.05) is 13.0 Å². The zero-order valence-corrected chi connectivity index (χ0v) is 14.5. The fourth-order valence-electron chi connectivity index (χ4n) is 2.62. The predicted molar refractivity (Wildman–Crippen MR) is 96.6 cm³/mol. The number of aliphatic hydroxyl groups excluding tert-OH is 1. The number of amides is 1. The Kier molecular flexibility index (Phi) is 6.33. The van der Waals surface area contributed by atoms with Crippen molar-refractivity contribution in [3.63, 3.8) is 0 Å². The third-order valence-electron chi connectivity index (χ3n) is 4.00. The molecular formula is C20H23NO5. The number of rotatable bonds is 8. The molecule has 0 radical (unpaired) electrons. The molecule has 2 aromatic rings. The lowest BCUT2D eigenvalue weighted by atomic mass is 10.1. The molecule has 0 bridgehead atoms. The van der Waals surface area contributed by atoms with E-state index in [0.29, 0.717) is 49.7 Å². The zero-order chi connectivity index (χ0) is 18.2. The lowest BCUT2D eigenvalue weighted by Gasteiger charge is -2.20. The third-order valence-corrected chi connectivity index (χ3v) is 4.00. The average molecular weight is 357 g/mol. The molecule has 1 amide bonds. The van der Waals surface area contributed by atoms with Gasteiger partial charge in [0.25, 0.3) is 0 Å². The number of nitrogens with one attached hydrogen (secondary N) is 1. The number of benzene rings is 2. The summed E-state index contributed by atoms with van der Waals surface area (Å²) in [6.45, 7) is 1.65. The minimum atomic E-state index is -0.796. The minimum absolute atomic E-state index is 0.113. The van der Waals surface area contributed by atoms with Crippen molar-refractivity contribution in [1.82, 2.24) is 5.32 Å². The predicted octanol–water partition coefficient (Wildman–Crippen LogP) is 2.47. The number of hydrogen-bond donors (Lipinski definition) is 2. The molecule has 0 fully saturated rings. The van der Waals surface area contributed by atoms with Gasteiger partial charge in [-0.25, -0.2) is 0 Å². The Balaban J connectivity index is 1.37. The Morgan fingerprint density at radius 2 is 1.88 bits per heavy atom. The number of aliphatic hydroxyl groups is 1. The Morgan fingerprint density at radius 3 is 2.69 bits per heavy atom. The van der Waals surface area contributed by atoms with Crippen LogP contribution in [0.5, 0.6) is 17.2 Å². The lowest BCUT2D eigenvalue weighted by Crippen LogP contribution is -2.28. The fourth-order valence-corrected chi connectivity index (χ4v) is 2.62. The van der Waals surface area contributed by atoms with Crippen LogP contribution in [0, 0.1) is 0 Å². The van der Waals surface area contributed by atoms with Gasteiger partial charge in [0.05, 0.1) is 12.7 Å². The van der Waals surface area contributed by atoms with E-state index >= 15 is 0 Å². The molecule has 1 aliphatic rings. The topological polar surface area (TPSA) is 77.0 Å². The van der Waals surface area contributed by atoms with Crippen LogP contribution in [-0.2, 0) is 4.79 Å². The zero-order valence-electron chi connectivity index (χ0n) is 14.5. The van der Waals surface area contributed by atoms with Gasteiger partial charge in [-0.3, -0.25) is 4.79 Å². The van der Waals surface area contributed by atoms with E-state index in [1.807, 2.05) is 30.3 Å². The van der Waals surface area contributed by atoms with Gasteiger partial charge >= 0.3 is 0 Å². The second-order valence-corrected chi connectivity index (χ2v) is 5.99. The Morgan fingerprint density at radius 1 is 1.12 bits per heavy atom. The Labute approximate surface area is 152 Å². The molecule has 0 saturated heterocycles. The molecule has 26 heavy (non-hydrogen) atoms. The normalized spacial score (nSPS) is 13.7. The van der Waals surface area contributed by atoms with Crippen molar-refractivity contribution in [2.45, 2.75) is 18.9 Å². The molecule has 0 aromatic heterocycles. The highest BCUT2D eigenvalue weighted by atomic mass is 16.6. The highest BCUT2D eigenvalue weighted by Gasteiger charge is 2.16. The number of carbonyl (C=O) groups excluding carboxylic acids is 1. The van der Waals surface area contributed by atoms with Crippen LogP contribution in [0.4, 0.5) is 0 Å². The van der Waals surface area contributed by atoms with Crippen molar-refractivity contribution in [1.29, 1.82) is 0 Å². The summed E-state index contributed by atoms with van der Waals surface area (Å²) in [4.78, 5) is 11.9. The molecule has 6 nitrogen and oxygen atoms in total. The molecule has 1 atom stereocenters. The van der Waals surface area contributed by atoms with Gasteiger partial charge in [-0.05, 0) is 36.2 Å². The summed E-state index contributed by atoms with van der Waals surface area (Å²) >= 11 is 0. The van der Waals surface area contributed by atoms with Crippen molar-refractivity contribution < 1.29 is 24.1 Å². The third kappa shape index (κ3) is 5.13. The SMILES string of the molecule is O=C(CCCOc1ccccc1)NCC(O)c1ccc2c(c1)OCCO2. The summed E-state index contributed by atoms with van der Waals surface area (Å²) in [5.41, 5.74) is 0.682. The van der Waals surface area contributed by atoms with Crippen molar-refractivity contribution in [2.75, 3.05) is 26.4 Å². The van der Waals surface area contributed by atoms with Crippen LogP contribution >= 0.6 is 0 Å². The van der Waals surface area contributed by atoms with Crippen LogP contribution in [0.25, 0.3) is 0 Å². The number of ether oxygens (including phenoxy) is 3. The number of fused-ring (bicyclic) bond motifs is 1. The molecule has 6 heteroatoms. The summed E-state index contributed by atoms with van der Waals surface area (Å²) in [5.74, 6) is 1.98. The van der Waals surface area contributed by atoms with Gasteiger partial charge in [0.2, 0.25) is 5.91 Å². The average Bonchev–Trinajstić information content (AvgIpc) is 2.70. The van der Waals surface area contributed by atoms with Crippen LogP contribution < -0.4 is 19.5 Å². The van der Waals surface area contributed by atoms with E-state index in [4.69, 9.17) is 14.2 Å². The quantitative estimate of drug-likeness (QED) is 0.710. The fraction of sp³-hybridized carbons (Fsp3) is 0.350. The molecular weight excluding hydrogens is 334 g/mol. The summed E-state index contributed by atoms with van der Waals surface area (Å²) in [7, 11) is 0. The van der Waals surface area contributed by atoms with Crippen molar-refractivity contribution in [2.24, 2.45) is 0 Å². The molecule has 138 valence electrons. The molecule has 1 aliphatic heterocycles. The van der Waals surface area contributed by atoms with Crippen molar-refractivity contribution in [3.05, 3.63) is 54.1 Å². The van der Waals surface area contributed by atoms with E-state index in [0.717, 1.165) is 5.75 Å². The highest BCUT2D eigenvalue weighted by molar-refractivity contribution is 5.75. The molecule has 3 rings (SSSR count). The maximum absolute atomic E-state index is 11.9. The van der Waals surface area contributed by atoms with Crippen molar-refractivity contribution >= 4 is 5.91 Å². The maximum Gasteiger partial charge on any atom is 0.220 e. The van der Waals surface area contributed by atoms with E-state index in [1.54, 1.807) is 18.2 Å². The molecule has 0 aliphatic carbocycles. The van der Waals surface area contributed by atoms with Gasteiger partial charge in [0.1, 0.15) is 19.0 Å². The molecule has 2 aromatic carbocycles. The first-order chi connectivity index (χ1) is 12.7. The van der Waals surface area contributed by atoms with Crippen molar-refractivity contribution in [3.8, 4) is 17.2 Å². The largest absolute Gasteiger partial charge is 0.494 e. The Bertz CT molecular complexity index is 719. The first kappa shape index (κ1) is 18.1. The first-order valence-electron chi connectivity index (χ1n) is 8.74. The van der Waals surface area contributed by atoms with Gasteiger partial charge in [-0.15, -0.1) is 0 Å². The van der Waals surface area contributed by atoms with E-state index in [9.17, 15) is 9.90 Å². The smallest absolute Gasteiger partial charge is 0.220 e. The number of hydrogen-bond acceptors (Lipinski definition) is 5. The molecule has 0 saturated carbocycles. The van der Waals surface area contributed by atoms with Crippen LogP contribution in [0.1, 0.15) is 24.5 Å². The standard InChI is InChI=1S/C20H23NO5/c22-17(15-8-9-18-19(13-15)26-12-11-25-18)14-21-20(23)7-4-10-24-16-5-2-1-3-6-16/h1-3,5-6,8-9,13,17,22H,4,7,10-12,14H2,(H,21,23). The minimum Gasteiger partial charge on any atom is -0.494 e. The molecule has 1 heterocycles. The van der Waals surface area contributed by atoms with Crippen LogP contribution in [-0.4, -0.2) is 37.4 Å². The van der Waals surface area contributed by atoms with Gasteiger partial charge in [0.15, 0.2) is 11.5 Å². The second kappa shape index (κ2) is 9.10. The Hall–Kier alpha value is -2.73. The molecule has 2 N–H and O–H groups in total. The lowest BCUT2D eigenvalue weighted by molar-refractivity contribution is -0.121. The van der Waals surface area contributed by atoms with Crippen LogP contribution in [0.3, 0.4) is 0 Å².